The van der Waals surface area contributed by atoms with Gasteiger partial charge in [0.05, 0.1) is 5.41 Å². The molecule has 3 N–H and O–H groups in total. The number of fused-ring (bicyclic) bond motifs is 1. The molecule has 1 aliphatic rings. The Balaban J connectivity index is 1.82. The van der Waals surface area contributed by atoms with E-state index in [0.29, 0.717) is 12.4 Å². The van der Waals surface area contributed by atoms with E-state index >= 15 is 0 Å². The van der Waals surface area contributed by atoms with E-state index in [9.17, 15) is 4.79 Å². The van der Waals surface area contributed by atoms with Crippen LogP contribution >= 0.6 is 0 Å². The van der Waals surface area contributed by atoms with Crippen LogP contribution < -0.4 is 11.1 Å². The van der Waals surface area contributed by atoms with E-state index in [2.05, 4.69) is 10.3 Å². The van der Waals surface area contributed by atoms with Crippen LogP contribution in [0.5, 0.6) is 0 Å². The van der Waals surface area contributed by atoms with Gasteiger partial charge in [0, 0.05) is 18.7 Å². The summed E-state index contributed by atoms with van der Waals surface area (Å²) in [6.07, 6.45) is 4.66. The van der Waals surface area contributed by atoms with Gasteiger partial charge in [0.2, 0.25) is 5.91 Å². The Morgan fingerprint density at radius 3 is 2.86 bits per heavy atom. The first kappa shape index (κ1) is 14.1. The minimum Gasteiger partial charge on any atom is -0.441 e. The average Bonchev–Trinajstić information content (AvgIpc) is 3.13. The lowest BCUT2D eigenvalue weighted by Crippen LogP contribution is -2.40. The molecule has 0 atom stereocenters. The third kappa shape index (κ3) is 2.53. The molecule has 5 nitrogen and oxygen atoms in total. The number of anilines is 1. The average molecular weight is 287 g/mol. The molecule has 1 aromatic carbocycles. The van der Waals surface area contributed by atoms with E-state index in [1.807, 2.05) is 25.1 Å². The molecule has 5 heteroatoms. The van der Waals surface area contributed by atoms with Gasteiger partial charge in [0.25, 0.3) is 0 Å². The zero-order valence-electron chi connectivity index (χ0n) is 12.3. The Morgan fingerprint density at radius 2 is 2.19 bits per heavy atom. The predicted octanol–water partition coefficient (Wildman–Crippen LogP) is 2.85. The van der Waals surface area contributed by atoms with Crippen LogP contribution in [-0.4, -0.2) is 17.4 Å². The zero-order chi connectivity index (χ0) is 14.9. The van der Waals surface area contributed by atoms with Crippen molar-refractivity contribution in [3.05, 3.63) is 24.1 Å². The molecule has 1 fully saturated rings. The number of benzene rings is 1. The third-order valence-corrected chi connectivity index (χ3v) is 4.43. The Morgan fingerprint density at radius 1 is 1.43 bits per heavy atom. The van der Waals surface area contributed by atoms with Crippen LogP contribution in [0, 0.1) is 5.41 Å². The molecular weight excluding hydrogens is 266 g/mol. The minimum atomic E-state index is -0.395. The maximum absolute atomic E-state index is 12.5. The number of amides is 1. The third-order valence-electron chi connectivity index (χ3n) is 4.43. The summed E-state index contributed by atoms with van der Waals surface area (Å²) in [4.78, 5) is 16.9. The van der Waals surface area contributed by atoms with Gasteiger partial charge >= 0.3 is 0 Å². The number of hydrogen-bond donors (Lipinski definition) is 2. The molecular formula is C16H21N3O2. The molecule has 1 aromatic heterocycles. The van der Waals surface area contributed by atoms with Crippen LogP contribution in [0.2, 0.25) is 0 Å². The number of oxazole rings is 1. The molecule has 1 aliphatic carbocycles. The lowest BCUT2D eigenvalue weighted by Gasteiger charge is -2.25. The minimum absolute atomic E-state index is 0.0288. The van der Waals surface area contributed by atoms with Crippen molar-refractivity contribution in [2.75, 3.05) is 11.9 Å². The quantitative estimate of drug-likeness (QED) is 0.906. The van der Waals surface area contributed by atoms with Crippen molar-refractivity contribution in [1.29, 1.82) is 0 Å². The highest BCUT2D eigenvalue weighted by atomic mass is 16.3. The van der Waals surface area contributed by atoms with Crippen molar-refractivity contribution in [1.82, 2.24) is 4.98 Å². The Kier molecular flexibility index (Phi) is 3.68. The summed E-state index contributed by atoms with van der Waals surface area (Å²) < 4.78 is 5.57. The predicted molar refractivity (Wildman–Crippen MR) is 82.0 cm³/mol. The number of carbonyl (C=O) groups excluding carboxylic acids is 1. The van der Waals surface area contributed by atoms with Crippen molar-refractivity contribution in [2.24, 2.45) is 11.1 Å². The van der Waals surface area contributed by atoms with Gasteiger partial charge in [-0.15, -0.1) is 0 Å². The van der Waals surface area contributed by atoms with Gasteiger partial charge in [-0.2, -0.15) is 0 Å². The smallest absolute Gasteiger partial charge is 0.231 e. The van der Waals surface area contributed by atoms with Gasteiger partial charge in [-0.25, -0.2) is 4.98 Å². The molecule has 0 saturated heterocycles. The molecule has 0 bridgehead atoms. The number of nitrogens with one attached hydrogen (secondary N) is 1. The van der Waals surface area contributed by atoms with Crippen molar-refractivity contribution >= 4 is 22.7 Å². The summed E-state index contributed by atoms with van der Waals surface area (Å²) in [6, 6.07) is 5.56. The zero-order valence-corrected chi connectivity index (χ0v) is 12.3. The van der Waals surface area contributed by atoms with Crippen molar-refractivity contribution in [3.8, 4) is 0 Å². The second-order valence-electron chi connectivity index (χ2n) is 5.79. The fraction of sp³-hybridized carbons (Fsp3) is 0.500. The highest BCUT2D eigenvalue weighted by molar-refractivity contribution is 5.97. The number of nitrogens with zero attached hydrogens (tertiary/aromatic N) is 1. The first-order valence-electron chi connectivity index (χ1n) is 7.58. The fourth-order valence-electron chi connectivity index (χ4n) is 3.04. The second kappa shape index (κ2) is 5.48. The summed E-state index contributed by atoms with van der Waals surface area (Å²) in [5, 5.41) is 2.99. The lowest BCUT2D eigenvalue weighted by molar-refractivity contribution is -0.124. The summed E-state index contributed by atoms with van der Waals surface area (Å²) in [7, 11) is 0. The first-order chi connectivity index (χ1) is 10.2. The number of rotatable bonds is 4. The Labute approximate surface area is 123 Å². The molecule has 0 radical (unpaired) electrons. The second-order valence-corrected chi connectivity index (χ2v) is 5.79. The van der Waals surface area contributed by atoms with Crippen LogP contribution in [0.4, 0.5) is 5.69 Å². The molecule has 0 aliphatic heterocycles. The Bertz CT molecular complexity index is 657. The Hall–Kier alpha value is -1.88. The van der Waals surface area contributed by atoms with Crippen molar-refractivity contribution in [3.63, 3.8) is 0 Å². The molecule has 0 unspecified atom stereocenters. The molecule has 3 rings (SSSR count). The maximum atomic E-state index is 12.5. The first-order valence-corrected chi connectivity index (χ1v) is 7.58. The van der Waals surface area contributed by atoms with E-state index in [4.69, 9.17) is 10.2 Å². The van der Waals surface area contributed by atoms with Crippen LogP contribution in [0.25, 0.3) is 11.1 Å². The molecule has 2 aromatic rings. The van der Waals surface area contributed by atoms with E-state index < -0.39 is 5.41 Å². The highest BCUT2D eigenvalue weighted by Crippen LogP contribution is 2.38. The number of hydrogen-bond acceptors (Lipinski definition) is 4. The van der Waals surface area contributed by atoms with E-state index in [1.54, 1.807) is 0 Å². The number of nitrogens with two attached hydrogens (primary N) is 1. The normalized spacial score (nSPS) is 17.2. The van der Waals surface area contributed by atoms with Crippen molar-refractivity contribution < 1.29 is 9.21 Å². The fourth-order valence-corrected chi connectivity index (χ4v) is 3.04. The van der Waals surface area contributed by atoms with Crippen molar-refractivity contribution in [2.45, 2.75) is 39.0 Å². The molecule has 21 heavy (non-hydrogen) atoms. The molecule has 1 heterocycles. The van der Waals surface area contributed by atoms with E-state index in [1.165, 1.54) is 0 Å². The van der Waals surface area contributed by atoms with Crippen LogP contribution in [0.1, 0.15) is 38.5 Å². The van der Waals surface area contributed by atoms with Gasteiger partial charge < -0.3 is 15.5 Å². The highest BCUT2D eigenvalue weighted by Gasteiger charge is 2.39. The van der Waals surface area contributed by atoms with E-state index in [-0.39, 0.29) is 5.91 Å². The van der Waals surface area contributed by atoms with Gasteiger partial charge in [-0.3, -0.25) is 4.79 Å². The van der Waals surface area contributed by atoms with E-state index in [0.717, 1.165) is 48.9 Å². The van der Waals surface area contributed by atoms with Crippen LogP contribution in [-0.2, 0) is 11.2 Å². The molecule has 0 spiro atoms. The van der Waals surface area contributed by atoms with Gasteiger partial charge in [0.1, 0.15) is 5.52 Å². The number of aromatic nitrogens is 1. The summed E-state index contributed by atoms with van der Waals surface area (Å²) in [5.41, 5.74) is 7.73. The topological polar surface area (TPSA) is 81.2 Å². The van der Waals surface area contributed by atoms with Gasteiger partial charge in [-0.1, -0.05) is 19.8 Å². The largest absolute Gasteiger partial charge is 0.441 e. The number of carbonyl (C=O) groups is 1. The summed E-state index contributed by atoms with van der Waals surface area (Å²) >= 11 is 0. The standard InChI is InChI=1S/C16H21N3O2/c1-2-14-19-12-9-11(5-6-13(12)21-14)18-15(20)16(10-17)7-3-4-8-16/h5-6,9H,2-4,7-8,10,17H2,1H3,(H,18,20). The van der Waals surface area contributed by atoms with Crippen LogP contribution in [0.15, 0.2) is 22.6 Å². The summed E-state index contributed by atoms with van der Waals surface area (Å²) in [5.74, 6) is 0.740. The molecule has 112 valence electrons. The number of aryl methyl sites for hydroxylation is 1. The maximum Gasteiger partial charge on any atom is 0.231 e. The monoisotopic (exact) mass is 287 g/mol. The lowest BCUT2D eigenvalue weighted by atomic mass is 9.85. The van der Waals surface area contributed by atoms with Crippen LogP contribution in [0.3, 0.4) is 0 Å². The van der Waals surface area contributed by atoms with Gasteiger partial charge in [0.15, 0.2) is 11.5 Å². The molecule has 1 amide bonds. The SMILES string of the molecule is CCc1nc2cc(NC(=O)C3(CN)CCCC3)ccc2o1. The van der Waals surface area contributed by atoms with Gasteiger partial charge in [-0.05, 0) is 31.0 Å². The summed E-state index contributed by atoms with van der Waals surface area (Å²) in [6.45, 7) is 2.41. The molecule has 1 saturated carbocycles.